The highest BCUT2D eigenvalue weighted by Gasteiger charge is 2.03. The molecule has 0 aliphatic rings. The van der Waals surface area contributed by atoms with Gasteiger partial charge in [0, 0.05) is 0 Å². The van der Waals surface area contributed by atoms with Crippen LogP contribution in [0.1, 0.15) is 42.0 Å². The van der Waals surface area contributed by atoms with E-state index in [4.69, 9.17) is 0 Å². The van der Waals surface area contributed by atoms with Crippen molar-refractivity contribution in [3.05, 3.63) is 34.4 Å². The summed E-state index contributed by atoms with van der Waals surface area (Å²) < 4.78 is 0. The van der Waals surface area contributed by atoms with Gasteiger partial charge in [0.25, 0.3) is 0 Å². The third-order valence-electron chi connectivity index (χ3n) is 2.88. The SMILES string of the molecule is CCCCc1c(C)ccc(C)c1C. The molecule has 0 nitrogen and oxygen atoms in total. The van der Waals surface area contributed by atoms with E-state index in [0.29, 0.717) is 0 Å². The summed E-state index contributed by atoms with van der Waals surface area (Å²) in [5.41, 5.74) is 5.95. The maximum absolute atomic E-state index is 2.25. The van der Waals surface area contributed by atoms with Gasteiger partial charge in [-0.3, -0.25) is 0 Å². The zero-order chi connectivity index (χ0) is 9.84. The molecule has 1 rings (SSSR count). The van der Waals surface area contributed by atoms with E-state index in [1.54, 1.807) is 5.56 Å². The lowest BCUT2D eigenvalue weighted by Gasteiger charge is -2.11. The minimum atomic E-state index is 1.25. The quantitative estimate of drug-likeness (QED) is 0.654. The first kappa shape index (κ1) is 10.3. The fourth-order valence-electron chi connectivity index (χ4n) is 1.75. The van der Waals surface area contributed by atoms with Crippen molar-refractivity contribution in [2.75, 3.05) is 0 Å². The molecule has 0 radical (unpaired) electrons. The number of unbranched alkanes of at least 4 members (excludes halogenated alkanes) is 1. The largest absolute Gasteiger partial charge is 0.0654 e. The van der Waals surface area contributed by atoms with Gasteiger partial charge in [0.1, 0.15) is 0 Å². The lowest BCUT2D eigenvalue weighted by atomic mass is 9.95. The Morgan fingerprint density at radius 2 is 1.62 bits per heavy atom. The average Bonchev–Trinajstić information content (AvgIpc) is 2.12. The minimum absolute atomic E-state index is 1.25. The fraction of sp³-hybridized carbons (Fsp3) is 0.538. The summed E-state index contributed by atoms with van der Waals surface area (Å²) in [6.07, 6.45) is 3.84. The Morgan fingerprint density at radius 1 is 1.00 bits per heavy atom. The lowest BCUT2D eigenvalue weighted by Crippen LogP contribution is -1.96. The standard InChI is InChI=1S/C13H20/c1-5-6-7-13-11(3)9-8-10(2)12(13)4/h8-9H,5-7H2,1-4H3. The molecule has 0 fully saturated rings. The van der Waals surface area contributed by atoms with E-state index < -0.39 is 0 Å². The predicted octanol–water partition coefficient (Wildman–Crippen LogP) is 3.95. The lowest BCUT2D eigenvalue weighted by molar-refractivity contribution is 0.786. The third-order valence-corrected chi connectivity index (χ3v) is 2.88. The van der Waals surface area contributed by atoms with Crippen LogP contribution in [0.15, 0.2) is 12.1 Å². The first-order valence-corrected chi connectivity index (χ1v) is 5.22. The van der Waals surface area contributed by atoms with Crippen molar-refractivity contribution in [1.82, 2.24) is 0 Å². The van der Waals surface area contributed by atoms with Crippen LogP contribution in [0.5, 0.6) is 0 Å². The molecule has 0 aromatic heterocycles. The molecule has 0 saturated carbocycles. The molecule has 1 aromatic rings. The topological polar surface area (TPSA) is 0 Å². The van der Waals surface area contributed by atoms with E-state index in [9.17, 15) is 0 Å². The van der Waals surface area contributed by atoms with E-state index in [1.165, 1.54) is 36.0 Å². The van der Waals surface area contributed by atoms with Crippen LogP contribution in [-0.4, -0.2) is 0 Å². The Kier molecular flexibility index (Phi) is 3.53. The fourth-order valence-corrected chi connectivity index (χ4v) is 1.75. The van der Waals surface area contributed by atoms with Crippen molar-refractivity contribution in [1.29, 1.82) is 0 Å². The van der Waals surface area contributed by atoms with Crippen molar-refractivity contribution in [2.24, 2.45) is 0 Å². The van der Waals surface area contributed by atoms with Gasteiger partial charge in [0.15, 0.2) is 0 Å². The van der Waals surface area contributed by atoms with Gasteiger partial charge in [0.05, 0.1) is 0 Å². The van der Waals surface area contributed by atoms with Crippen LogP contribution in [0.3, 0.4) is 0 Å². The van der Waals surface area contributed by atoms with Gasteiger partial charge < -0.3 is 0 Å². The predicted molar refractivity (Wildman–Crippen MR) is 59.3 cm³/mol. The molecule has 0 saturated heterocycles. The Morgan fingerprint density at radius 3 is 2.23 bits per heavy atom. The molecule has 0 heterocycles. The van der Waals surface area contributed by atoms with Gasteiger partial charge in [-0.05, 0) is 55.9 Å². The molecule has 0 bridgehead atoms. The van der Waals surface area contributed by atoms with Crippen molar-refractivity contribution in [2.45, 2.75) is 47.0 Å². The number of rotatable bonds is 3. The highest BCUT2D eigenvalue weighted by atomic mass is 14.1. The van der Waals surface area contributed by atoms with Crippen LogP contribution in [0.25, 0.3) is 0 Å². The molecule has 0 aliphatic carbocycles. The summed E-state index contributed by atoms with van der Waals surface area (Å²) >= 11 is 0. The summed E-state index contributed by atoms with van der Waals surface area (Å²) in [6, 6.07) is 4.47. The molecule has 1 aromatic carbocycles. The van der Waals surface area contributed by atoms with E-state index >= 15 is 0 Å². The van der Waals surface area contributed by atoms with E-state index in [2.05, 4.69) is 39.8 Å². The zero-order valence-electron chi connectivity index (χ0n) is 9.28. The number of aryl methyl sites for hydroxylation is 2. The second kappa shape index (κ2) is 4.45. The number of hydrogen-bond acceptors (Lipinski definition) is 0. The first-order valence-electron chi connectivity index (χ1n) is 5.22. The van der Waals surface area contributed by atoms with Crippen LogP contribution in [0, 0.1) is 20.8 Å². The second-order valence-electron chi connectivity index (χ2n) is 3.91. The monoisotopic (exact) mass is 176 g/mol. The number of benzene rings is 1. The summed E-state index contributed by atoms with van der Waals surface area (Å²) in [4.78, 5) is 0. The van der Waals surface area contributed by atoms with Crippen molar-refractivity contribution >= 4 is 0 Å². The maximum atomic E-state index is 2.25. The van der Waals surface area contributed by atoms with Crippen LogP contribution in [-0.2, 0) is 6.42 Å². The van der Waals surface area contributed by atoms with Crippen LogP contribution >= 0.6 is 0 Å². The highest BCUT2D eigenvalue weighted by Crippen LogP contribution is 2.19. The summed E-state index contributed by atoms with van der Waals surface area (Å²) in [5.74, 6) is 0. The molecule has 13 heavy (non-hydrogen) atoms. The molecule has 0 N–H and O–H groups in total. The van der Waals surface area contributed by atoms with Gasteiger partial charge in [-0.1, -0.05) is 25.5 Å². The van der Waals surface area contributed by atoms with Crippen LogP contribution < -0.4 is 0 Å². The number of hydrogen-bond donors (Lipinski definition) is 0. The molecule has 0 amide bonds. The molecule has 0 spiro atoms. The van der Waals surface area contributed by atoms with Crippen molar-refractivity contribution in [3.8, 4) is 0 Å². The van der Waals surface area contributed by atoms with Gasteiger partial charge in [-0.15, -0.1) is 0 Å². The highest BCUT2D eigenvalue weighted by molar-refractivity contribution is 5.39. The zero-order valence-corrected chi connectivity index (χ0v) is 9.28. The normalized spacial score (nSPS) is 10.5. The Balaban J connectivity index is 2.96. The van der Waals surface area contributed by atoms with E-state index in [-0.39, 0.29) is 0 Å². The first-order chi connectivity index (χ1) is 6.16. The second-order valence-corrected chi connectivity index (χ2v) is 3.91. The molecule has 0 aliphatic heterocycles. The summed E-state index contributed by atoms with van der Waals surface area (Å²) in [5, 5.41) is 0. The molecular weight excluding hydrogens is 156 g/mol. The Hall–Kier alpha value is -0.780. The van der Waals surface area contributed by atoms with Gasteiger partial charge in [-0.2, -0.15) is 0 Å². The third kappa shape index (κ3) is 2.33. The molecule has 0 unspecified atom stereocenters. The maximum Gasteiger partial charge on any atom is -0.0274 e. The summed E-state index contributed by atoms with van der Waals surface area (Å²) in [6.45, 7) is 8.91. The van der Waals surface area contributed by atoms with Gasteiger partial charge in [0.2, 0.25) is 0 Å². The molecular formula is C13H20. The van der Waals surface area contributed by atoms with Gasteiger partial charge in [-0.25, -0.2) is 0 Å². The van der Waals surface area contributed by atoms with Crippen molar-refractivity contribution < 1.29 is 0 Å². The minimum Gasteiger partial charge on any atom is -0.0654 e. The average molecular weight is 176 g/mol. The van der Waals surface area contributed by atoms with E-state index in [0.717, 1.165) is 0 Å². The Bertz CT molecular complexity index is 284. The smallest absolute Gasteiger partial charge is 0.0274 e. The van der Waals surface area contributed by atoms with Gasteiger partial charge >= 0.3 is 0 Å². The molecule has 72 valence electrons. The van der Waals surface area contributed by atoms with E-state index in [1.807, 2.05) is 0 Å². The molecule has 0 atom stereocenters. The summed E-state index contributed by atoms with van der Waals surface area (Å²) in [7, 11) is 0. The molecule has 0 heteroatoms. The Labute approximate surface area is 82.0 Å². The van der Waals surface area contributed by atoms with Crippen LogP contribution in [0.4, 0.5) is 0 Å². The van der Waals surface area contributed by atoms with Crippen LogP contribution in [0.2, 0.25) is 0 Å². The van der Waals surface area contributed by atoms with Crippen molar-refractivity contribution in [3.63, 3.8) is 0 Å².